The molecule has 0 unspecified atom stereocenters. The molecule has 1 heterocycles. The quantitative estimate of drug-likeness (QED) is 0.741. The van der Waals surface area contributed by atoms with Gasteiger partial charge in [0.15, 0.2) is 0 Å². The molecule has 0 amide bonds. The van der Waals surface area contributed by atoms with Crippen molar-refractivity contribution in [2.75, 3.05) is 0 Å². The first-order valence-electron chi connectivity index (χ1n) is 3.98. The van der Waals surface area contributed by atoms with Crippen molar-refractivity contribution in [3.05, 3.63) is 29.4 Å². The summed E-state index contributed by atoms with van der Waals surface area (Å²) < 4.78 is 36.5. The number of halogens is 4. The lowest BCUT2D eigenvalue weighted by Crippen LogP contribution is -1.98. The predicted molar refractivity (Wildman–Crippen MR) is 55.2 cm³/mol. The lowest BCUT2D eigenvalue weighted by Gasteiger charge is -2.03. The zero-order chi connectivity index (χ0) is 11.1. The molecule has 1 aromatic heterocycles. The lowest BCUT2D eigenvalue weighted by molar-refractivity contribution is -0.0327. The van der Waals surface area contributed by atoms with Crippen LogP contribution in [-0.4, -0.2) is 10.5 Å². The summed E-state index contributed by atoms with van der Waals surface area (Å²) in [5, 5.41) is 0.913. The Morgan fingerprint density at radius 1 is 1.27 bits per heavy atom. The molecular formula is C9H5ClF3NS. The van der Waals surface area contributed by atoms with E-state index >= 15 is 0 Å². The summed E-state index contributed by atoms with van der Waals surface area (Å²) in [6.45, 7) is 0. The van der Waals surface area contributed by atoms with Crippen LogP contribution in [0.5, 0.6) is 0 Å². The van der Waals surface area contributed by atoms with Crippen molar-refractivity contribution < 1.29 is 13.2 Å². The topological polar surface area (TPSA) is 15.8 Å². The minimum Gasteiger partial charge on any atom is -0.360 e. The van der Waals surface area contributed by atoms with Crippen LogP contribution in [0.3, 0.4) is 0 Å². The van der Waals surface area contributed by atoms with Gasteiger partial charge in [-0.15, -0.1) is 0 Å². The third-order valence-electron chi connectivity index (χ3n) is 1.83. The molecule has 0 saturated heterocycles. The van der Waals surface area contributed by atoms with Gasteiger partial charge >= 0.3 is 5.51 Å². The van der Waals surface area contributed by atoms with Gasteiger partial charge in [0.05, 0.1) is 0 Å². The van der Waals surface area contributed by atoms with Gasteiger partial charge in [0.2, 0.25) is 0 Å². The number of aromatic nitrogens is 1. The van der Waals surface area contributed by atoms with Crippen molar-refractivity contribution in [2.24, 2.45) is 0 Å². The van der Waals surface area contributed by atoms with Crippen LogP contribution >= 0.6 is 23.4 Å². The van der Waals surface area contributed by atoms with Crippen LogP contribution in [0.1, 0.15) is 0 Å². The zero-order valence-corrected chi connectivity index (χ0v) is 8.80. The summed E-state index contributed by atoms with van der Waals surface area (Å²) in [5.74, 6) is 0. The first-order chi connectivity index (χ1) is 6.96. The molecule has 1 nitrogen and oxygen atoms in total. The van der Waals surface area contributed by atoms with Gasteiger partial charge in [0.25, 0.3) is 0 Å². The highest BCUT2D eigenvalue weighted by atomic mass is 35.5. The standard InChI is InChI=1S/C9H5ClF3NS/c10-5-1-2-7-6(3-5)8(4-14-7)15-9(11,12)13/h1-4,14H. The Morgan fingerprint density at radius 3 is 2.67 bits per heavy atom. The number of hydrogen-bond donors (Lipinski definition) is 1. The van der Waals surface area contributed by atoms with E-state index in [4.69, 9.17) is 11.6 Å². The van der Waals surface area contributed by atoms with Gasteiger partial charge in [-0.25, -0.2) is 0 Å². The maximum atomic E-state index is 12.2. The van der Waals surface area contributed by atoms with E-state index in [2.05, 4.69) is 4.98 Å². The number of rotatable bonds is 1. The molecule has 1 aromatic carbocycles. The highest BCUT2D eigenvalue weighted by Crippen LogP contribution is 2.40. The average Bonchev–Trinajstić information content (AvgIpc) is 2.46. The zero-order valence-electron chi connectivity index (χ0n) is 7.23. The number of H-pyrrole nitrogens is 1. The molecule has 0 fully saturated rings. The van der Waals surface area contributed by atoms with Gasteiger partial charge in [-0.3, -0.25) is 0 Å². The fourth-order valence-corrected chi connectivity index (χ4v) is 2.09. The molecule has 2 rings (SSSR count). The Labute approximate surface area is 92.6 Å². The van der Waals surface area contributed by atoms with Crippen LogP contribution in [0, 0.1) is 0 Å². The molecule has 1 N–H and O–H groups in total. The molecular weight excluding hydrogens is 247 g/mol. The molecule has 0 aliphatic rings. The minimum atomic E-state index is -4.28. The molecule has 0 radical (unpaired) electrons. The molecule has 0 bridgehead atoms. The van der Waals surface area contributed by atoms with Crippen molar-refractivity contribution in [2.45, 2.75) is 10.4 Å². The van der Waals surface area contributed by atoms with Gasteiger partial charge in [-0.2, -0.15) is 13.2 Å². The Kier molecular flexibility index (Phi) is 2.60. The van der Waals surface area contributed by atoms with Crippen LogP contribution < -0.4 is 0 Å². The molecule has 0 aliphatic carbocycles. The molecule has 6 heteroatoms. The fourth-order valence-electron chi connectivity index (χ4n) is 1.28. The Balaban J connectivity index is 2.48. The third-order valence-corrected chi connectivity index (χ3v) is 2.86. The number of hydrogen-bond acceptors (Lipinski definition) is 1. The highest BCUT2D eigenvalue weighted by Gasteiger charge is 2.30. The lowest BCUT2D eigenvalue weighted by atomic mass is 10.2. The molecule has 0 atom stereocenters. The first kappa shape index (κ1) is 10.7. The molecule has 0 spiro atoms. The number of benzene rings is 1. The SMILES string of the molecule is FC(F)(F)Sc1c[nH]c2ccc(Cl)cc12. The smallest absolute Gasteiger partial charge is 0.360 e. The van der Waals surface area contributed by atoms with E-state index in [0.717, 1.165) is 0 Å². The summed E-state index contributed by atoms with van der Waals surface area (Å²) in [4.78, 5) is 2.90. The van der Waals surface area contributed by atoms with Crippen molar-refractivity contribution in [3.8, 4) is 0 Å². The summed E-state index contributed by atoms with van der Waals surface area (Å²) in [6.07, 6.45) is 1.33. The molecule has 15 heavy (non-hydrogen) atoms. The summed E-state index contributed by atoms with van der Waals surface area (Å²) in [7, 11) is 0. The van der Waals surface area contributed by atoms with Crippen LogP contribution in [0.15, 0.2) is 29.3 Å². The Morgan fingerprint density at radius 2 is 2.00 bits per heavy atom. The number of aromatic amines is 1. The summed E-state index contributed by atoms with van der Waals surface area (Å²) in [5.41, 5.74) is -3.64. The van der Waals surface area contributed by atoms with E-state index in [-0.39, 0.29) is 16.7 Å². The largest absolute Gasteiger partial charge is 0.446 e. The average molecular weight is 252 g/mol. The van der Waals surface area contributed by atoms with Crippen molar-refractivity contribution in [3.63, 3.8) is 0 Å². The van der Waals surface area contributed by atoms with Crippen molar-refractivity contribution in [1.82, 2.24) is 4.98 Å². The fraction of sp³-hybridized carbons (Fsp3) is 0.111. The van der Waals surface area contributed by atoms with Gasteiger partial charge in [0.1, 0.15) is 0 Å². The number of thioether (sulfide) groups is 1. The van der Waals surface area contributed by atoms with E-state index in [0.29, 0.717) is 15.9 Å². The summed E-state index contributed by atoms with van der Waals surface area (Å²) in [6, 6.07) is 4.79. The van der Waals surface area contributed by atoms with Gasteiger partial charge in [0, 0.05) is 27.0 Å². The molecule has 0 saturated carbocycles. The monoisotopic (exact) mass is 251 g/mol. The highest BCUT2D eigenvalue weighted by molar-refractivity contribution is 8.00. The Bertz CT molecular complexity index is 492. The normalized spacial score (nSPS) is 12.3. The van der Waals surface area contributed by atoms with Crippen molar-refractivity contribution in [1.29, 1.82) is 0 Å². The first-order valence-corrected chi connectivity index (χ1v) is 5.17. The van der Waals surface area contributed by atoms with Gasteiger partial charge in [-0.1, -0.05) is 11.6 Å². The molecule has 2 aromatic rings. The Hall–Kier alpha value is -0.810. The maximum absolute atomic E-state index is 12.2. The van der Waals surface area contributed by atoms with Gasteiger partial charge in [-0.05, 0) is 30.0 Å². The van der Waals surface area contributed by atoms with Crippen LogP contribution in [0.2, 0.25) is 5.02 Å². The van der Waals surface area contributed by atoms with E-state index in [9.17, 15) is 13.2 Å². The van der Waals surface area contributed by atoms with Crippen LogP contribution in [0.25, 0.3) is 10.9 Å². The third kappa shape index (κ3) is 2.41. The van der Waals surface area contributed by atoms with Crippen LogP contribution in [0.4, 0.5) is 13.2 Å². The molecule has 0 aliphatic heterocycles. The maximum Gasteiger partial charge on any atom is 0.446 e. The van der Waals surface area contributed by atoms with E-state index in [1.54, 1.807) is 12.1 Å². The molecule has 80 valence electrons. The number of fused-ring (bicyclic) bond motifs is 1. The van der Waals surface area contributed by atoms with Gasteiger partial charge < -0.3 is 4.98 Å². The van der Waals surface area contributed by atoms with Crippen molar-refractivity contribution >= 4 is 34.3 Å². The van der Waals surface area contributed by atoms with E-state index < -0.39 is 5.51 Å². The number of nitrogens with one attached hydrogen (secondary N) is 1. The minimum absolute atomic E-state index is 0.139. The van der Waals surface area contributed by atoms with E-state index in [1.807, 2.05) is 0 Å². The second-order valence-corrected chi connectivity index (χ2v) is 4.43. The van der Waals surface area contributed by atoms with Crippen LogP contribution in [-0.2, 0) is 0 Å². The summed E-state index contributed by atoms with van der Waals surface area (Å²) >= 11 is 5.57. The predicted octanol–water partition coefficient (Wildman–Crippen LogP) is 4.43. The van der Waals surface area contributed by atoms with E-state index in [1.165, 1.54) is 12.3 Å². The second-order valence-electron chi connectivity index (χ2n) is 2.89. The second kappa shape index (κ2) is 3.64. The number of alkyl halides is 3.